The second-order valence-corrected chi connectivity index (χ2v) is 6.49. The lowest BCUT2D eigenvalue weighted by Crippen LogP contribution is -2.18. The molecule has 0 bridgehead atoms. The number of rotatable bonds is 2. The van der Waals surface area contributed by atoms with Crippen molar-refractivity contribution in [2.24, 2.45) is 0 Å². The number of nitrogens with one attached hydrogen (secondary N) is 2. The van der Waals surface area contributed by atoms with Crippen LogP contribution in [0.15, 0.2) is 48.5 Å². The quantitative estimate of drug-likeness (QED) is 0.482. The minimum Gasteiger partial charge on any atom is -0.332 e. The first-order valence-electron chi connectivity index (χ1n) is 5.22. The van der Waals surface area contributed by atoms with Crippen molar-refractivity contribution in [3.63, 3.8) is 0 Å². The van der Waals surface area contributed by atoms with Crippen molar-refractivity contribution in [2.45, 2.75) is 0 Å². The fourth-order valence-electron chi connectivity index (χ4n) is 1.36. The van der Waals surface area contributed by atoms with Gasteiger partial charge in [-0.3, -0.25) is 0 Å². The number of halogens is 2. The molecule has 5 heteroatoms. The lowest BCUT2D eigenvalue weighted by molar-refractivity contribution is 1.57. The smallest absolute Gasteiger partial charge is 0.175 e. The summed E-state index contributed by atoms with van der Waals surface area (Å²) in [6, 6.07) is 16.2. The van der Waals surface area contributed by atoms with Gasteiger partial charge in [-0.05, 0) is 106 Å². The third-order valence-corrected chi connectivity index (χ3v) is 3.85. The number of anilines is 2. The van der Waals surface area contributed by atoms with E-state index in [0.717, 1.165) is 11.4 Å². The summed E-state index contributed by atoms with van der Waals surface area (Å²) in [6.07, 6.45) is 0. The molecule has 0 amide bonds. The van der Waals surface area contributed by atoms with E-state index in [-0.39, 0.29) is 0 Å². The fourth-order valence-corrected chi connectivity index (χ4v) is 2.31. The Kier molecular flexibility index (Phi) is 5.19. The number of benzene rings is 2. The molecular formula is C13H10I2N2S. The Balaban J connectivity index is 1.96. The molecule has 92 valence electrons. The van der Waals surface area contributed by atoms with Crippen LogP contribution in [0.2, 0.25) is 0 Å². The van der Waals surface area contributed by atoms with Crippen LogP contribution in [-0.4, -0.2) is 5.11 Å². The first-order chi connectivity index (χ1) is 8.63. The van der Waals surface area contributed by atoms with Gasteiger partial charge in [0.05, 0.1) is 0 Å². The molecule has 0 spiro atoms. The number of thiocarbonyl (C=S) groups is 1. The molecule has 0 aromatic heterocycles. The summed E-state index contributed by atoms with van der Waals surface area (Å²) < 4.78 is 2.41. The molecule has 2 aromatic carbocycles. The van der Waals surface area contributed by atoms with E-state index in [0.29, 0.717) is 5.11 Å². The van der Waals surface area contributed by atoms with Crippen LogP contribution in [0.5, 0.6) is 0 Å². The standard InChI is InChI=1S/C13H10I2N2S/c14-9-1-5-11(6-2-9)16-13(18)17-12-7-3-10(15)4-8-12/h1-8H,(H2,16,17,18). The molecule has 0 aliphatic rings. The van der Waals surface area contributed by atoms with Crippen LogP contribution in [0.3, 0.4) is 0 Å². The normalized spacial score (nSPS) is 9.89. The van der Waals surface area contributed by atoms with Crippen molar-refractivity contribution in [2.75, 3.05) is 10.6 Å². The average molecular weight is 480 g/mol. The molecule has 0 saturated carbocycles. The second-order valence-electron chi connectivity index (χ2n) is 3.59. The molecule has 18 heavy (non-hydrogen) atoms. The lowest BCUT2D eigenvalue weighted by Gasteiger charge is -2.10. The van der Waals surface area contributed by atoms with Crippen LogP contribution in [0, 0.1) is 7.14 Å². The van der Waals surface area contributed by atoms with Crippen molar-refractivity contribution < 1.29 is 0 Å². The van der Waals surface area contributed by atoms with Gasteiger partial charge in [0.1, 0.15) is 0 Å². The van der Waals surface area contributed by atoms with Crippen molar-refractivity contribution in [1.29, 1.82) is 0 Å². The van der Waals surface area contributed by atoms with Gasteiger partial charge in [-0.1, -0.05) is 0 Å². The maximum Gasteiger partial charge on any atom is 0.175 e. The summed E-state index contributed by atoms with van der Waals surface area (Å²) in [6.45, 7) is 0. The molecule has 2 rings (SSSR count). The zero-order chi connectivity index (χ0) is 13.0. The Morgan fingerprint density at radius 3 is 1.39 bits per heavy atom. The van der Waals surface area contributed by atoms with E-state index in [9.17, 15) is 0 Å². The van der Waals surface area contributed by atoms with E-state index < -0.39 is 0 Å². The highest BCUT2D eigenvalue weighted by molar-refractivity contribution is 14.1. The highest BCUT2D eigenvalue weighted by atomic mass is 127. The van der Waals surface area contributed by atoms with Gasteiger partial charge in [-0.2, -0.15) is 0 Å². The topological polar surface area (TPSA) is 24.1 Å². The Hall–Kier alpha value is -0.410. The van der Waals surface area contributed by atoms with Gasteiger partial charge < -0.3 is 10.6 Å². The first-order valence-corrected chi connectivity index (χ1v) is 7.79. The van der Waals surface area contributed by atoms with Crippen LogP contribution in [0.4, 0.5) is 11.4 Å². The van der Waals surface area contributed by atoms with Gasteiger partial charge in [0, 0.05) is 18.5 Å². The monoisotopic (exact) mass is 480 g/mol. The summed E-state index contributed by atoms with van der Waals surface area (Å²) in [5.41, 5.74) is 1.97. The highest BCUT2D eigenvalue weighted by Gasteiger charge is 1.98. The molecule has 0 radical (unpaired) electrons. The average Bonchev–Trinajstić information content (AvgIpc) is 2.35. The molecule has 2 nitrogen and oxygen atoms in total. The first kappa shape index (κ1) is 14.0. The maximum absolute atomic E-state index is 5.26. The van der Waals surface area contributed by atoms with Crippen molar-refractivity contribution in [3.05, 3.63) is 55.7 Å². The summed E-state index contributed by atoms with van der Waals surface area (Å²) in [7, 11) is 0. The zero-order valence-electron chi connectivity index (χ0n) is 9.28. The Labute approximate surface area is 139 Å². The van der Waals surface area contributed by atoms with Crippen LogP contribution < -0.4 is 10.6 Å². The van der Waals surface area contributed by atoms with Gasteiger partial charge in [-0.15, -0.1) is 0 Å². The van der Waals surface area contributed by atoms with Crippen molar-refractivity contribution >= 4 is 73.9 Å². The Morgan fingerprint density at radius 1 is 0.722 bits per heavy atom. The van der Waals surface area contributed by atoms with Gasteiger partial charge in [0.2, 0.25) is 0 Å². The third kappa shape index (κ3) is 4.36. The second kappa shape index (κ2) is 6.67. The molecule has 2 N–H and O–H groups in total. The number of hydrogen-bond acceptors (Lipinski definition) is 1. The van der Waals surface area contributed by atoms with E-state index in [2.05, 4.69) is 55.8 Å². The number of hydrogen-bond donors (Lipinski definition) is 2. The van der Waals surface area contributed by atoms with E-state index in [1.54, 1.807) is 0 Å². The van der Waals surface area contributed by atoms with Crippen LogP contribution >= 0.6 is 57.4 Å². The molecule has 0 heterocycles. The third-order valence-electron chi connectivity index (χ3n) is 2.20. The zero-order valence-corrected chi connectivity index (χ0v) is 14.4. The van der Waals surface area contributed by atoms with Crippen LogP contribution in [0.1, 0.15) is 0 Å². The molecule has 0 unspecified atom stereocenters. The predicted octanol–water partition coefficient (Wildman–Crippen LogP) is 4.70. The summed E-state index contributed by atoms with van der Waals surface area (Å²) in [4.78, 5) is 0. The largest absolute Gasteiger partial charge is 0.332 e. The Bertz CT molecular complexity index is 488. The summed E-state index contributed by atoms with van der Waals surface area (Å²) >= 11 is 9.81. The molecule has 0 fully saturated rings. The SMILES string of the molecule is S=C(Nc1ccc(I)cc1)Nc1ccc(I)cc1. The van der Waals surface area contributed by atoms with Gasteiger partial charge >= 0.3 is 0 Å². The van der Waals surface area contributed by atoms with Crippen molar-refractivity contribution in [1.82, 2.24) is 0 Å². The Morgan fingerprint density at radius 2 is 1.06 bits per heavy atom. The molecule has 0 saturated heterocycles. The van der Waals surface area contributed by atoms with E-state index in [4.69, 9.17) is 12.2 Å². The summed E-state index contributed by atoms with van der Waals surface area (Å²) in [5, 5.41) is 6.89. The molecular weight excluding hydrogens is 470 g/mol. The minimum absolute atomic E-state index is 0.595. The summed E-state index contributed by atoms with van der Waals surface area (Å²) in [5.74, 6) is 0. The predicted molar refractivity (Wildman–Crippen MR) is 98.2 cm³/mol. The van der Waals surface area contributed by atoms with Gasteiger partial charge in [0.25, 0.3) is 0 Å². The minimum atomic E-state index is 0.595. The molecule has 2 aromatic rings. The van der Waals surface area contributed by atoms with Crippen LogP contribution in [0.25, 0.3) is 0 Å². The van der Waals surface area contributed by atoms with Crippen molar-refractivity contribution in [3.8, 4) is 0 Å². The highest BCUT2D eigenvalue weighted by Crippen LogP contribution is 2.13. The maximum atomic E-state index is 5.26. The van der Waals surface area contributed by atoms with Crippen LogP contribution in [-0.2, 0) is 0 Å². The van der Waals surface area contributed by atoms with Gasteiger partial charge in [-0.25, -0.2) is 0 Å². The molecule has 0 aliphatic carbocycles. The van der Waals surface area contributed by atoms with E-state index >= 15 is 0 Å². The molecule has 0 atom stereocenters. The van der Waals surface area contributed by atoms with Gasteiger partial charge in [0.15, 0.2) is 5.11 Å². The lowest BCUT2D eigenvalue weighted by atomic mass is 10.3. The fraction of sp³-hybridized carbons (Fsp3) is 0. The van der Waals surface area contributed by atoms with E-state index in [1.165, 1.54) is 7.14 Å². The molecule has 0 aliphatic heterocycles. The van der Waals surface area contributed by atoms with E-state index in [1.807, 2.05) is 48.5 Å².